The molecule has 57 valence electrons. The first-order valence-corrected chi connectivity index (χ1v) is 11.1. The van der Waals surface area contributed by atoms with Crippen LogP contribution in [0.1, 0.15) is 11.1 Å². The second-order valence-corrected chi connectivity index (χ2v) is 10.2. The lowest BCUT2D eigenvalue weighted by molar-refractivity contribution is 1.34. The van der Waals surface area contributed by atoms with Gasteiger partial charge >= 0.3 is 16.0 Å². The monoisotopic (exact) mass is 287 g/mol. The minimum Gasteiger partial charge on any atom is -0.280 e. The van der Waals surface area contributed by atoms with Gasteiger partial charge in [0.15, 0.2) is 0 Å². The molecule has 1 radical (unpaired) electrons. The van der Waals surface area contributed by atoms with Gasteiger partial charge in [0.05, 0.1) is 0 Å². The van der Waals surface area contributed by atoms with Crippen LogP contribution in [0.15, 0.2) is 18.2 Å². The van der Waals surface area contributed by atoms with Crippen LogP contribution in [0.3, 0.4) is 0 Å². The molecule has 0 aromatic heterocycles. The van der Waals surface area contributed by atoms with Crippen molar-refractivity contribution in [3.8, 4) is 0 Å². The highest BCUT2D eigenvalue weighted by Crippen LogP contribution is 2.02. The molecular weight excluding hydrogens is 280 g/mol. The van der Waals surface area contributed by atoms with Crippen molar-refractivity contribution in [1.82, 2.24) is 0 Å². The van der Waals surface area contributed by atoms with Crippen molar-refractivity contribution >= 4 is 41.8 Å². The maximum Gasteiger partial charge on any atom is 0.560 e. The molecule has 0 amide bonds. The van der Waals surface area contributed by atoms with Crippen LogP contribution in [0, 0.1) is 19.9 Å². The van der Waals surface area contributed by atoms with Crippen LogP contribution in [-0.4, -0.2) is 16.0 Å². The van der Waals surface area contributed by atoms with Crippen molar-refractivity contribution < 1.29 is 0 Å². The van der Waals surface area contributed by atoms with E-state index >= 15 is 0 Å². The van der Waals surface area contributed by atoms with Crippen LogP contribution in [0.5, 0.6) is 0 Å². The van der Waals surface area contributed by atoms with Crippen LogP contribution < -0.4 is 0 Å². The molecule has 0 saturated carbocycles. The highest BCUT2D eigenvalue weighted by atomic mass is 79.9. The summed E-state index contributed by atoms with van der Waals surface area (Å²) in [4.78, 5) is 0. The van der Waals surface area contributed by atoms with Crippen LogP contribution in [0.25, 0.3) is 0 Å². The third-order valence-electron chi connectivity index (χ3n) is 1.35. The molecular formula is C8H9Br2Mg. The zero-order valence-electron chi connectivity index (χ0n) is 6.70. The van der Waals surface area contributed by atoms with E-state index in [9.17, 15) is 0 Å². The predicted molar refractivity (Wildman–Crippen MR) is 58.4 cm³/mol. The smallest absolute Gasteiger partial charge is 0.280 e. The van der Waals surface area contributed by atoms with Crippen molar-refractivity contribution in [2.75, 3.05) is 0 Å². The zero-order chi connectivity index (χ0) is 8.69. The Balaban J connectivity index is 0.000000292. The van der Waals surface area contributed by atoms with Gasteiger partial charge < -0.3 is 0 Å². The minimum atomic E-state index is 0.0417. The van der Waals surface area contributed by atoms with Crippen molar-refractivity contribution in [2.45, 2.75) is 13.8 Å². The molecule has 11 heavy (non-hydrogen) atoms. The average Bonchev–Trinajstić information content (AvgIpc) is 1.97. The second kappa shape index (κ2) is 7.59. The summed E-state index contributed by atoms with van der Waals surface area (Å²) in [6, 6.07) is 8.99. The maximum atomic E-state index is 3.20. The lowest BCUT2D eigenvalue weighted by atomic mass is 10.1. The Morgan fingerprint density at radius 1 is 1.27 bits per heavy atom. The SMILES string of the molecule is Cc1c[c]ccc1C.[Br][Mg][Br]. The summed E-state index contributed by atoms with van der Waals surface area (Å²) < 4.78 is 0. The quantitative estimate of drug-likeness (QED) is 0.642. The zero-order valence-corrected chi connectivity index (χ0v) is 11.3. The van der Waals surface area contributed by atoms with Crippen LogP contribution in [0.2, 0.25) is 0 Å². The van der Waals surface area contributed by atoms with Crippen LogP contribution in [0.4, 0.5) is 0 Å². The van der Waals surface area contributed by atoms with E-state index < -0.39 is 0 Å². The number of hydrogen-bond acceptors (Lipinski definition) is 0. The summed E-state index contributed by atoms with van der Waals surface area (Å²) in [7, 11) is 0. The van der Waals surface area contributed by atoms with E-state index in [2.05, 4.69) is 51.7 Å². The predicted octanol–water partition coefficient (Wildman–Crippen LogP) is 3.41. The van der Waals surface area contributed by atoms with Gasteiger partial charge in [-0.05, 0) is 31.0 Å². The Kier molecular flexibility index (Phi) is 8.24. The van der Waals surface area contributed by atoms with Crippen LogP contribution >= 0.6 is 25.8 Å². The third-order valence-corrected chi connectivity index (χ3v) is 1.35. The molecule has 1 aromatic carbocycles. The Hall–Kier alpha value is 0.946. The van der Waals surface area contributed by atoms with Crippen LogP contribution in [-0.2, 0) is 0 Å². The van der Waals surface area contributed by atoms with Gasteiger partial charge in [0.25, 0.3) is 0 Å². The van der Waals surface area contributed by atoms with Gasteiger partial charge in [-0.2, -0.15) is 0 Å². The standard InChI is InChI=1S/C8H9.2BrH.Mg/c1-7-5-3-4-6-8(7)2;;;/h3,5-6H,1-2H3;2*1H;/q;;;+2/p-2. The molecule has 0 aliphatic heterocycles. The van der Waals surface area contributed by atoms with E-state index in [-0.39, 0.29) is 16.0 Å². The van der Waals surface area contributed by atoms with Crippen molar-refractivity contribution in [1.29, 1.82) is 0 Å². The van der Waals surface area contributed by atoms with Gasteiger partial charge in [-0.1, -0.05) is 18.2 Å². The molecule has 0 aliphatic rings. The summed E-state index contributed by atoms with van der Waals surface area (Å²) >= 11 is 6.44. The summed E-state index contributed by atoms with van der Waals surface area (Å²) in [6.07, 6.45) is 0. The van der Waals surface area contributed by atoms with Crippen molar-refractivity contribution in [2.24, 2.45) is 0 Å². The fourth-order valence-electron chi connectivity index (χ4n) is 0.592. The van der Waals surface area contributed by atoms with Gasteiger partial charge in [0.1, 0.15) is 0 Å². The van der Waals surface area contributed by atoms with E-state index in [0.717, 1.165) is 0 Å². The first-order chi connectivity index (χ1) is 5.22. The third kappa shape index (κ3) is 6.14. The molecule has 0 bridgehead atoms. The number of aryl methyl sites for hydroxylation is 2. The fourth-order valence-corrected chi connectivity index (χ4v) is 0.592. The van der Waals surface area contributed by atoms with E-state index in [1.54, 1.807) is 0 Å². The summed E-state index contributed by atoms with van der Waals surface area (Å²) in [6.45, 7) is 4.19. The summed E-state index contributed by atoms with van der Waals surface area (Å²) in [5.41, 5.74) is 2.65. The molecule has 0 aliphatic carbocycles. The molecule has 1 aromatic rings. The lowest BCUT2D eigenvalue weighted by Crippen LogP contribution is -1.75. The topological polar surface area (TPSA) is 0 Å². The van der Waals surface area contributed by atoms with Gasteiger partial charge in [0.2, 0.25) is 0 Å². The number of halogens is 2. The molecule has 0 nitrogen and oxygen atoms in total. The summed E-state index contributed by atoms with van der Waals surface area (Å²) in [5, 5.41) is 0. The first-order valence-electron chi connectivity index (χ1n) is 3.27. The molecule has 0 atom stereocenters. The molecule has 0 N–H and O–H groups in total. The largest absolute Gasteiger partial charge is 0.560 e. The first kappa shape index (κ1) is 11.9. The molecule has 0 unspecified atom stereocenters. The number of benzene rings is 1. The van der Waals surface area contributed by atoms with Gasteiger partial charge in [-0.15, -0.1) is 0 Å². The number of hydrogen-bond donors (Lipinski definition) is 0. The minimum absolute atomic E-state index is 0.0417. The van der Waals surface area contributed by atoms with Gasteiger partial charge in [-0.25, -0.2) is 0 Å². The molecule has 0 saturated heterocycles. The molecule has 3 heteroatoms. The van der Waals surface area contributed by atoms with Crippen molar-refractivity contribution in [3.63, 3.8) is 0 Å². The highest BCUT2D eigenvalue weighted by molar-refractivity contribution is 9.47. The molecule has 0 fully saturated rings. The number of rotatable bonds is 0. The van der Waals surface area contributed by atoms with E-state index in [1.807, 2.05) is 12.1 Å². The Bertz CT molecular complexity index is 180. The van der Waals surface area contributed by atoms with E-state index in [0.29, 0.717) is 0 Å². The Labute approximate surface area is 90.2 Å². The highest BCUT2D eigenvalue weighted by Gasteiger charge is 1.84. The molecule has 0 heterocycles. The van der Waals surface area contributed by atoms with E-state index in [1.165, 1.54) is 11.1 Å². The maximum absolute atomic E-state index is 3.20. The van der Waals surface area contributed by atoms with Gasteiger partial charge in [-0.3, -0.25) is 25.8 Å². The lowest BCUT2D eigenvalue weighted by Gasteiger charge is -1.93. The molecule has 0 spiro atoms. The normalized spacial score (nSPS) is 7.64. The Morgan fingerprint density at radius 3 is 2.09 bits per heavy atom. The fraction of sp³-hybridized carbons (Fsp3) is 0.250. The van der Waals surface area contributed by atoms with E-state index in [4.69, 9.17) is 0 Å². The molecule has 1 rings (SSSR count). The summed E-state index contributed by atoms with van der Waals surface area (Å²) in [5.74, 6) is 0. The van der Waals surface area contributed by atoms with Crippen molar-refractivity contribution in [3.05, 3.63) is 35.4 Å². The Morgan fingerprint density at radius 2 is 1.82 bits per heavy atom. The second-order valence-electron chi connectivity index (χ2n) is 2.11. The average molecular weight is 289 g/mol. The van der Waals surface area contributed by atoms with Gasteiger partial charge in [0, 0.05) is 0 Å².